The predicted molar refractivity (Wildman–Crippen MR) is 97.4 cm³/mol. The Kier molecular flexibility index (Phi) is 3.71. The van der Waals surface area contributed by atoms with E-state index in [4.69, 9.17) is 0 Å². The Labute approximate surface area is 140 Å². The van der Waals surface area contributed by atoms with Gasteiger partial charge in [0.15, 0.2) is 0 Å². The molecule has 0 unspecified atom stereocenters. The van der Waals surface area contributed by atoms with Gasteiger partial charge in [-0.3, -0.25) is 9.55 Å². The number of para-hydroxylation sites is 1. The summed E-state index contributed by atoms with van der Waals surface area (Å²) in [6, 6.07) is 20.5. The fourth-order valence-electron chi connectivity index (χ4n) is 2.84. The molecule has 0 fully saturated rings. The molecule has 0 amide bonds. The highest BCUT2D eigenvalue weighted by Gasteiger charge is 2.07. The molecule has 2 heterocycles. The Balaban J connectivity index is 1.62. The third-order valence-electron chi connectivity index (χ3n) is 4.12. The van der Waals surface area contributed by atoms with Gasteiger partial charge in [-0.25, -0.2) is 4.98 Å². The van der Waals surface area contributed by atoms with Crippen molar-refractivity contribution in [3.05, 3.63) is 84.4 Å². The first-order valence-corrected chi connectivity index (χ1v) is 7.98. The van der Waals surface area contributed by atoms with Crippen LogP contribution < -0.4 is 5.32 Å². The summed E-state index contributed by atoms with van der Waals surface area (Å²) < 4.78 is 2.13. The summed E-state index contributed by atoms with van der Waals surface area (Å²) in [6.45, 7) is 2.81. The predicted octanol–water partition coefficient (Wildman–Crippen LogP) is 4.34. The molecule has 0 aliphatic heterocycles. The van der Waals surface area contributed by atoms with E-state index in [0.29, 0.717) is 6.54 Å². The van der Waals surface area contributed by atoms with Crippen LogP contribution >= 0.6 is 0 Å². The highest BCUT2D eigenvalue weighted by Crippen LogP contribution is 2.23. The summed E-state index contributed by atoms with van der Waals surface area (Å²) >= 11 is 0. The number of rotatable bonds is 4. The van der Waals surface area contributed by atoms with Crippen LogP contribution in [0.25, 0.3) is 16.7 Å². The number of hydrogen-bond donors (Lipinski definition) is 1. The molecule has 4 rings (SSSR count). The van der Waals surface area contributed by atoms with Crippen molar-refractivity contribution < 1.29 is 0 Å². The maximum absolute atomic E-state index is 4.56. The number of aromatic nitrogens is 3. The Morgan fingerprint density at radius 3 is 2.67 bits per heavy atom. The van der Waals surface area contributed by atoms with Gasteiger partial charge in [-0.15, -0.1) is 0 Å². The number of nitrogens with zero attached hydrogens (tertiary/aromatic N) is 3. The normalized spacial score (nSPS) is 10.9. The molecule has 0 spiro atoms. The molecule has 118 valence electrons. The molecule has 2 aromatic carbocycles. The van der Waals surface area contributed by atoms with E-state index in [-0.39, 0.29) is 0 Å². The summed E-state index contributed by atoms with van der Waals surface area (Å²) in [4.78, 5) is 8.89. The van der Waals surface area contributed by atoms with Crippen molar-refractivity contribution in [2.75, 3.05) is 5.32 Å². The van der Waals surface area contributed by atoms with Gasteiger partial charge in [-0.2, -0.15) is 0 Å². The molecule has 0 saturated heterocycles. The van der Waals surface area contributed by atoms with Crippen molar-refractivity contribution in [2.45, 2.75) is 13.5 Å². The molecule has 4 heteroatoms. The van der Waals surface area contributed by atoms with Crippen LogP contribution in [0, 0.1) is 6.92 Å². The van der Waals surface area contributed by atoms with Crippen LogP contribution in [0.2, 0.25) is 0 Å². The smallest absolute Gasteiger partial charge is 0.100 e. The highest BCUT2D eigenvalue weighted by molar-refractivity contribution is 5.81. The number of pyridine rings is 1. The van der Waals surface area contributed by atoms with Crippen LogP contribution in [0.3, 0.4) is 0 Å². The molecule has 0 saturated carbocycles. The van der Waals surface area contributed by atoms with E-state index in [0.717, 1.165) is 28.1 Å². The van der Waals surface area contributed by atoms with Gasteiger partial charge >= 0.3 is 0 Å². The van der Waals surface area contributed by atoms with Crippen LogP contribution in [0.4, 0.5) is 5.69 Å². The Morgan fingerprint density at radius 2 is 1.83 bits per heavy atom. The Morgan fingerprint density at radius 1 is 0.958 bits per heavy atom. The van der Waals surface area contributed by atoms with E-state index < -0.39 is 0 Å². The summed E-state index contributed by atoms with van der Waals surface area (Å²) in [6.07, 6.45) is 3.69. The lowest BCUT2D eigenvalue weighted by molar-refractivity contribution is 1.05. The van der Waals surface area contributed by atoms with Crippen molar-refractivity contribution in [3.8, 4) is 5.69 Å². The maximum atomic E-state index is 4.56. The first-order valence-electron chi connectivity index (χ1n) is 7.98. The molecular formula is C20H18N4. The second kappa shape index (κ2) is 6.16. The zero-order chi connectivity index (χ0) is 16.4. The zero-order valence-corrected chi connectivity index (χ0v) is 13.5. The summed E-state index contributed by atoms with van der Waals surface area (Å²) in [5.41, 5.74) is 6.53. The summed E-state index contributed by atoms with van der Waals surface area (Å²) in [5.74, 6) is 0. The molecule has 2 aromatic heterocycles. The van der Waals surface area contributed by atoms with Gasteiger partial charge in [-0.05, 0) is 48.9 Å². The lowest BCUT2D eigenvalue weighted by atomic mass is 10.2. The van der Waals surface area contributed by atoms with E-state index >= 15 is 0 Å². The molecule has 0 aliphatic carbocycles. The van der Waals surface area contributed by atoms with Gasteiger partial charge in [0.1, 0.15) is 6.33 Å². The standard InChI is InChI=1S/C20H18N4/c1-15-6-2-3-8-19(15)24-14-23-18-12-16(9-10-20(18)24)22-13-17-7-4-5-11-21-17/h2-12,14,22H,13H2,1H3. The van der Waals surface area contributed by atoms with Crippen molar-refractivity contribution in [1.29, 1.82) is 0 Å². The fraction of sp³-hybridized carbons (Fsp3) is 0.100. The largest absolute Gasteiger partial charge is 0.379 e. The second-order valence-corrected chi connectivity index (χ2v) is 5.78. The number of imidazole rings is 1. The molecule has 4 aromatic rings. The van der Waals surface area contributed by atoms with Gasteiger partial charge in [0.05, 0.1) is 29.0 Å². The van der Waals surface area contributed by atoms with E-state index in [1.165, 1.54) is 5.56 Å². The molecule has 0 bridgehead atoms. The average molecular weight is 314 g/mol. The van der Waals surface area contributed by atoms with Crippen LogP contribution in [0.1, 0.15) is 11.3 Å². The first-order chi connectivity index (χ1) is 11.8. The molecule has 4 nitrogen and oxygen atoms in total. The van der Waals surface area contributed by atoms with Crippen molar-refractivity contribution in [3.63, 3.8) is 0 Å². The number of fused-ring (bicyclic) bond motifs is 1. The van der Waals surface area contributed by atoms with E-state index in [9.17, 15) is 0 Å². The third kappa shape index (κ3) is 2.74. The van der Waals surface area contributed by atoms with Crippen LogP contribution in [0.15, 0.2) is 73.2 Å². The van der Waals surface area contributed by atoms with E-state index in [1.807, 2.05) is 30.7 Å². The monoisotopic (exact) mass is 314 g/mol. The summed E-state index contributed by atoms with van der Waals surface area (Å²) in [5, 5.41) is 3.40. The topological polar surface area (TPSA) is 42.7 Å². The number of aryl methyl sites for hydroxylation is 1. The van der Waals surface area contributed by atoms with Crippen LogP contribution in [-0.2, 0) is 6.54 Å². The average Bonchev–Trinajstić information content (AvgIpc) is 3.04. The van der Waals surface area contributed by atoms with Crippen LogP contribution in [0.5, 0.6) is 0 Å². The minimum atomic E-state index is 0.699. The van der Waals surface area contributed by atoms with Crippen LogP contribution in [-0.4, -0.2) is 14.5 Å². The molecule has 1 N–H and O–H groups in total. The number of nitrogens with one attached hydrogen (secondary N) is 1. The van der Waals surface area contributed by atoms with Gasteiger partial charge in [0.2, 0.25) is 0 Å². The fourth-order valence-corrected chi connectivity index (χ4v) is 2.84. The first kappa shape index (κ1) is 14.5. The minimum absolute atomic E-state index is 0.699. The van der Waals surface area contributed by atoms with Gasteiger partial charge in [0, 0.05) is 11.9 Å². The highest BCUT2D eigenvalue weighted by atomic mass is 15.1. The maximum Gasteiger partial charge on any atom is 0.100 e. The number of benzene rings is 2. The third-order valence-corrected chi connectivity index (χ3v) is 4.12. The van der Waals surface area contributed by atoms with Crippen molar-refractivity contribution >= 4 is 16.7 Å². The quantitative estimate of drug-likeness (QED) is 0.609. The van der Waals surface area contributed by atoms with E-state index in [2.05, 4.69) is 69.2 Å². The SMILES string of the molecule is Cc1ccccc1-n1cnc2cc(NCc3ccccn3)ccc21. The summed E-state index contributed by atoms with van der Waals surface area (Å²) in [7, 11) is 0. The van der Waals surface area contributed by atoms with Gasteiger partial charge in [-0.1, -0.05) is 24.3 Å². The minimum Gasteiger partial charge on any atom is -0.379 e. The zero-order valence-electron chi connectivity index (χ0n) is 13.5. The van der Waals surface area contributed by atoms with Gasteiger partial charge in [0.25, 0.3) is 0 Å². The molecular weight excluding hydrogens is 296 g/mol. The molecule has 0 aliphatic rings. The number of anilines is 1. The molecule has 24 heavy (non-hydrogen) atoms. The van der Waals surface area contributed by atoms with Crippen molar-refractivity contribution in [1.82, 2.24) is 14.5 Å². The lowest BCUT2D eigenvalue weighted by Crippen LogP contribution is -2.01. The van der Waals surface area contributed by atoms with Crippen molar-refractivity contribution in [2.24, 2.45) is 0 Å². The Hall–Kier alpha value is -3.14. The Bertz CT molecular complexity index is 973. The lowest BCUT2D eigenvalue weighted by Gasteiger charge is -2.09. The van der Waals surface area contributed by atoms with Gasteiger partial charge < -0.3 is 5.32 Å². The molecule has 0 atom stereocenters. The number of hydrogen-bond acceptors (Lipinski definition) is 3. The second-order valence-electron chi connectivity index (χ2n) is 5.78. The molecule has 0 radical (unpaired) electrons. The van der Waals surface area contributed by atoms with E-state index in [1.54, 1.807) is 0 Å².